The lowest BCUT2D eigenvalue weighted by Crippen LogP contribution is -2.48. The molecule has 1 aromatic rings. The third-order valence-electron chi connectivity index (χ3n) is 3.08. The maximum absolute atomic E-state index is 13.5. The second-order valence-corrected chi connectivity index (χ2v) is 4.72. The lowest BCUT2D eigenvalue weighted by molar-refractivity contribution is -0.137. The number of benzene rings is 1. The monoisotopic (exact) mass is 293 g/mol. The van der Waals surface area contributed by atoms with Gasteiger partial charge in [0, 0.05) is 0 Å². The van der Waals surface area contributed by atoms with E-state index in [1.165, 1.54) is 6.92 Å². The first kappa shape index (κ1) is 16.4. The molecule has 1 rings (SSSR count). The van der Waals surface area contributed by atoms with Gasteiger partial charge in [-0.25, -0.2) is 4.39 Å². The lowest BCUT2D eigenvalue weighted by Gasteiger charge is -2.27. The second kappa shape index (κ2) is 5.78. The quantitative estimate of drug-likeness (QED) is 0.839. The van der Waals surface area contributed by atoms with Crippen LogP contribution in [0.5, 0.6) is 0 Å². The number of hydrogen-bond acceptors (Lipinski definition) is 2. The number of amides is 1. The van der Waals surface area contributed by atoms with Crippen LogP contribution in [-0.4, -0.2) is 23.2 Å². The van der Waals surface area contributed by atoms with Crippen molar-refractivity contribution in [1.82, 2.24) is 5.32 Å². The molecule has 20 heavy (non-hydrogen) atoms. The van der Waals surface area contributed by atoms with E-state index < -0.39 is 41.2 Å². The highest BCUT2D eigenvalue weighted by atomic mass is 19.4. The van der Waals surface area contributed by atoms with E-state index in [2.05, 4.69) is 5.32 Å². The van der Waals surface area contributed by atoms with Crippen LogP contribution in [-0.2, 0) is 6.18 Å². The Morgan fingerprint density at radius 1 is 1.35 bits per heavy atom. The van der Waals surface area contributed by atoms with E-state index in [9.17, 15) is 22.4 Å². The lowest BCUT2D eigenvalue weighted by atomic mass is 9.99. The highest BCUT2D eigenvalue weighted by Gasteiger charge is 2.32. The molecule has 1 unspecified atom stereocenters. The summed E-state index contributed by atoms with van der Waals surface area (Å²) < 4.78 is 51.1. The SMILES string of the molecule is CCC(C)(CO)NC(=O)c1cc(C(F)(F)F)ccc1F. The maximum Gasteiger partial charge on any atom is 0.416 e. The Balaban J connectivity index is 3.10. The van der Waals surface area contributed by atoms with Crippen LogP contribution in [0.2, 0.25) is 0 Å². The van der Waals surface area contributed by atoms with Gasteiger partial charge in [-0.2, -0.15) is 13.2 Å². The molecule has 0 saturated heterocycles. The number of alkyl halides is 3. The number of carbonyl (C=O) groups is 1. The van der Waals surface area contributed by atoms with E-state index in [1.54, 1.807) is 6.92 Å². The standard InChI is InChI=1S/C13H15F4NO2/c1-3-12(2,7-19)18-11(20)9-6-8(13(15,16)17)4-5-10(9)14/h4-6,19H,3,7H2,1-2H3,(H,18,20). The number of halogens is 4. The predicted octanol–water partition coefficient (Wildman–Crippen LogP) is 2.74. The van der Waals surface area contributed by atoms with E-state index in [1.807, 2.05) is 0 Å². The van der Waals surface area contributed by atoms with Gasteiger partial charge < -0.3 is 10.4 Å². The Morgan fingerprint density at radius 3 is 2.40 bits per heavy atom. The summed E-state index contributed by atoms with van der Waals surface area (Å²) in [6.07, 6.45) is -4.32. The summed E-state index contributed by atoms with van der Waals surface area (Å²) in [5.41, 5.74) is -2.82. The Morgan fingerprint density at radius 2 is 1.95 bits per heavy atom. The number of aliphatic hydroxyl groups excluding tert-OH is 1. The van der Waals surface area contributed by atoms with E-state index in [0.29, 0.717) is 24.6 Å². The third-order valence-corrected chi connectivity index (χ3v) is 3.08. The van der Waals surface area contributed by atoms with Gasteiger partial charge in [0.1, 0.15) is 5.82 Å². The average molecular weight is 293 g/mol. The van der Waals surface area contributed by atoms with Crippen LogP contribution in [0.3, 0.4) is 0 Å². The Kier molecular flexibility index (Phi) is 4.75. The van der Waals surface area contributed by atoms with Gasteiger partial charge in [-0.05, 0) is 31.5 Å². The summed E-state index contributed by atoms with van der Waals surface area (Å²) in [7, 11) is 0. The predicted molar refractivity (Wildman–Crippen MR) is 64.7 cm³/mol. The van der Waals surface area contributed by atoms with Gasteiger partial charge in [0.25, 0.3) is 5.91 Å². The molecule has 0 aliphatic heterocycles. The molecule has 1 amide bonds. The molecule has 0 saturated carbocycles. The van der Waals surface area contributed by atoms with Crippen molar-refractivity contribution < 1.29 is 27.5 Å². The molecule has 7 heteroatoms. The minimum atomic E-state index is -4.66. The van der Waals surface area contributed by atoms with Crippen molar-refractivity contribution in [2.24, 2.45) is 0 Å². The van der Waals surface area contributed by atoms with Gasteiger partial charge in [-0.3, -0.25) is 4.79 Å². The molecule has 0 bridgehead atoms. The smallest absolute Gasteiger partial charge is 0.394 e. The van der Waals surface area contributed by atoms with Crippen molar-refractivity contribution in [3.8, 4) is 0 Å². The fourth-order valence-electron chi connectivity index (χ4n) is 1.46. The van der Waals surface area contributed by atoms with Crippen molar-refractivity contribution in [2.45, 2.75) is 32.0 Å². The Bertz CT molecular complexity index is 496. The minimum absolute atomic E-state index is 0.343. The van der Waals surface area contributed by atoms with Crippen LogP contribution in [0, 0.1) is 5.82 Å². The van der Waals surface area contributed by atoms with Crippen LogP contribution in [0.1, 0.15) is 36.2 Å². The zero-order chi connectivity index (χ0) is 15.6. The van der Waals surface area contributed by atoms with Crippen molar-refractivity contribution >= 4 is 5.91 Å². The fraction of sp³-hybridized carbons (Fsp3) is 0.462. The number of nitrogens with one attached hydrogen (secondary N) is 1. The molecule has 0 aromatic heterocycles. The van der Waals surface area contributed by atoms with Crippen LogP contribution in [0.4, 0.5) is 17.6 Å². The van der Waals surface area contributed by atoms with E-state index in [-0.39, 0.29) is 0 Å². The highest BCUT2D eigenvalue weighted by molar-refractivity contribution is 5.95. The van der Waals surface area contributed by atoms with Crippen molar-refractivity contribution in [3.63, 3.8) is 0 Å². The summed E-state index contributed by atoms with van der Waals surface area (Å²) in [4.78, 5) is 11.8. The van der Waals surface area contributed by atoms with Crippen LogP contribution >= 0.6 is 0 Å². The molecule has 1 aromatic carbocycles. The molecular formula is C13H15F4NO2. The first-order chi connectivity index (χ1) is 9.13. The Hall–Kier alpha value is -1.63. The molecular weight excluding hydrogens is 278 g/mol. The first-order valence-corrected chi connectivity index (χ1v) is 5.93. The van der Waals surface area contributed by atoms with Gasteiger partial charge in [0.05, 0.1) is 23.3 Å². The zero-order valence-corrected chi connectivity index (χ0v) is 11.0. The summed E-state index contributed by atoms with van der Waals surface area (Å²) in [5.74, 6) is -2.04. The number of carbonyl (C=O) groups excluding carboxylic acids is 1. The number of aliphatic hydroxyl groups is 1. The molecule has 0 aliphatic rings. The fourth-order valence-corrected chi connectivity index (χ4v) is 1.46. The third kappa shape index (κ3) is 3.69. The first-order valence-electron chi connectivity index (χ1n) is 5.93. The molecule has 0 heterocycles. The molecule has 2 N–H and O–H groups in total. The topological polar surface area (TPSA) is 49.3 Å². The summed E-state index contributed by atoms with van der Waals surface area (Å²) >= 11 is 0. The minimum Gasteiger partial charge on any atom is -0.394 e. The number of hydrogen-bond donors (Lipinski definition) is 2. The molecule has 0 aliphatic carbocycles. The number of rotatable bonds is 4. The molecule has 0 spiro atoms. The van der Waals surface area contributed by atoms with Crippen LogP contribution in [0.25, 0.3) is 0 Å². The molecule has 1 atom stereocenters. The van der Waals surface area contributed by atoms with Crippen molar-refractivity contribution in [2.75, 3.05) is 6.61 Å². The highest BCUT2D eigenvalue weighted by Crippen LogP contribution is 2.30. The van der Waals surface area contributed by atoms with Crippen molar-refractivity contribution in [3.05, 3.63) is 35.1 Å². The molecule has 112 valence electrons. The van der Waals surface area contributed by atoms with Crippen LogP contribution in [0.15, 0.2) is 18.2 Å². The Labute approximate surface area is 113 Å². The van der Waals surface area contributed by atoms with Gasteiger partial charge in [0.15, 0.2) is 0 Å². The molecule has 0 fully saturated rings. The van der Waals surface area contributed by atoms with Gasteiger partial charge in [0.2, 0.25) is 0 Å². The molecule has 0 radical (unpaired) electrons. The van der Waals surface area contributed by atoms with E-state index in [0.717, 1.165) is 0 Å². The van der Waals surface area contributed by atoms with Gasteiger partial charge in [-0.15, -0.1) is 0 Å². The van der Waals surface area contributed by atoms with Crippen LogP contribution < -0.4 is 5.32 Å². The largest absolute Gasteiger partial charge is 0.416 e. The zero-order valence-electron chi connectivity index (χ0n) is 11.0. The van der Waals surface area contributed by atoms with E-state index >= 15 is 0 Å². The normalized spacial score (nSPS) is 14.8. The van der Waals surface area contributed by atoms with E-state index in [4.69, 9.17) is 5.11 Å². The van der Waals surface area contributed by atoms with Gasteiger partial charge in [-0.1, -0.05) is 6.92 Å². The average Bonchev–Trinajstić information content (AvgIpc) is 2.37. The summed E-state index contributed by atoms with van der Waals surface area (Å²) in [6.45, 7) is 2.78. The van der Waals surface area contributed by atoms with Crippen molar-refractivity contribution in [1.29, 1.82) is 0 Å². The van der Waals surface area contributed by atoms with Gasteiger partial charge >= 0.3 is 6.18 Å². The summed E-state index contributed by atoms with van der Waals surface area (Å²) in [6, 6.07) is 1.62. The molecule has 3 nitrogen and oxygen atoms in total. The maximum atomic E-state index is 13.5. The second-order valence-electron chi connectivity index (χ2n) is 4.72. The summed E-state index contributed by atoms with van der Waals surface area (Å²) in [5, 5.41) is 11.5.